The summed E-state index contributed by atoms with van der Waals surface area (Å²) in [7, 11) is 1.71. The van der Waals surface area contributed by atoms with Crippen molar-refractivity contribution in [3.8, 4) is 5.75 Å². The predicted molar refractivity (Wildman–Crippen MR) is 93.3 cm³/mol. The predicted octanol–water partition coefficient (Wildman–Crippen LogP) is 4.64. The molecule has 1 aromatic heterocycles. The minimum absolute atomic E-state index is 0.0165. The highest BCUT2D eigenvalue weighted by molar-refractivity contribution is 5.70. The third kappa shape index (κ3) is 3.67. The van der Waals surface area contributed by atoms with Crippen LogP contribution in [0.15, 0.2) is 43.1 Å². The number of nitrogens with one attached hydrogen (secondary N) is 1. The van der Waals surface area contributed by atoms with Crippen molar-refractivity contribution in [3.63, 3.8) is 0 Å². The normalized spacial score (nSPS) is 11.1. The fourth-order valence-corrected chi connectivity index (χ4v) is 2.36. The van der Waals surface area contributed by atoms with Gasteiger partial charge < -0.3 is 10.1 Å². The molecule has 0 atom stereocenters. The van der Waals surface area contributed by atoms with Gasteiger partial charge in [0.2, 0.25) is 0 Å². The topological polar surface area (TPSA) is 34.1 Å². The second kappa shape index (κ2) is 6.65. The molecule has 2 aromatic rings. The van der Waals surface area contributed by atoms with Gasteiger partial charge in [-0.05, 0) is 29.2 Å². The second-order valence-corrected chi connectivity index (χ2v) is 6.27. The van der Waals surface area contributed by atoms with Crippen molar-refractivity contribution in [1.29, 1.82) is 0 Å². The van der Waals surface area contributed by atoms with E-state index in [9.17, 15) is 0 Å². The number of ether oxygens (including phenoxy) is 1. The lowest BCUT2D eigenvalue weighted by atomic mass is 9.85. The number of nitrogens with zero attached hydrogens (tertiary/aromatic N) is 1. The highest BCUT2D eigenvalue weighted by Gasteiger charge is 2.20. The number of benzene rings is 1. The van der Waals surface area contributed by atoms with Crippen LogP contribution in [-0.2, 0) is 12.0 Å². The van der Waals surface area contributed by atoms with Gasteiger partial charge in [-0.3, -0.25) is 4.98 Å². The van der Waals surface area contributed by atoms with Gasteiger partial charge in [0.1, 0.15) is 5.75 Å². The summed E-state index contributed by atoms with van der Waals surface area (Å²) < 4.78 is 5.57. The fraction of sp³-hybridized carbons (Fsp3) is 0.316. The molecule has 1 aromatic carbocycles. The van der Waals surface area contributed by atoms with Crippen molar-refractivity contribution < 1.29 is 4.74 Å². The van der Waals surface area contributed by atoms with Crippen LogP contribution < -0.4 is 10.1 Å². The van der Waals surface area contributed by atoms with E-state index in [0.717, 1.165) is 22.7 Å². The molecule has 0 aliphatic carbocycles. The summed E-state index contributed by atoms with van der Waals surface area (Å²) in [6.45, 7) is 11.1. The zero-order chi connectivity index (χ0) is 16.2. The average molecular weight is 296 g/mol. The third-order valence-corrected chi connectivity index (χ3v) is 3.59. The summed E-state index contributed by atoms with van der Waals surface area (Å²) in [6.07, 6.45) is 3.67. The van der Waals surface area contributed by atoms with E-state index in [1.165, 1.54) is 5.56 Å². The lowest BCUT2D eigenvalue weighted by molar-refractivity contribution is 0.398. The molecule has 1 heterocycles. The first-order valence-electron chi connectivity index (χ1n) is 7.44. The Kier molecular flexibility index (Phi) is 4.86. The Morgan fingerprint density at radius 2 is 2.05 bits per heavy atom. The Morgan fingerprint density at radius 1 is 1.27 bits per heavy atom. The average Bonchev–Trinajstić information content (AvgIpc) is 2.52. The molecule has 3 nitrogen and oxygen atoms in total. The number of methoxy groups -OCH3 is 1. The van der Waals surface area contributed by atoms with Crippen molar-refractivity contribution in [1.82, 2.24) is 4.98 Å². The smallest absolute Gasteiger partial charge is 0.124 e. The number of aromatic nitrogens is 1. The summed E-state index contributed by atoms with van der Waals surface area (Å²) in [6, 6.07) is 10.1. The first-order valence-corrected chi connectivity index (χ1v) is 7.44. The molecule has 0 fully saturated rings. The molecule has 3 heteroatoms. The fourth-order valence-electron chi connectivity index (χ4n) is 2.36. The van der Waals surface area contributed by atoms with E-state index in [4.69, 9.17) is 4.74 Å². The Balaban J connectivity index is 2.33. The molecule has 116 valence electrons. The van der Waals surface area contributed by atoms with E-state index in [0.29, 0.717) is 6.54 Å². The molecule has 0 spiro atoms. The lowest BCUT2D eigenvalue weighted by Gasteiger charge is -2.24. The van der Waals surface area contributed by atoms with Gasteiger partial charge in [0.25, 0.3) is 0 Å². The van der Waals surface area contributed by atoms with Crippen LogP contribution >= 0.6 is 0 Å². The van der Waals surface area contributed by atoms with E-state index in [2.05, 4.69) is 43.7 Å². The second-order valence-electron chi connectivity index (χ2n) is 6.27. The molecule has 0 radical (unpaired) electrons. The van der Waals surface area contributed by atoms with Crippen molar-refractivity contribution >= 4 is 11.8 Å². The molecular formula is C19H24N2O. The molecule has 0 bridgehead atoms. The molecule has 0 amide bonds. The Bertz CT molecular complexity index is 642. The van der Waals surface area contributed by atoms with Crippen molar-refractivity contribution in [2.75, 3.05) is 12.4 Å². The first kappa shape index (κ1) is 16.1. The standard InChI is InChI=1S/C19H24N2O/c1-6-14-11-16(19(2,3)4)18(22-5)12-17(14)21-13-15-9-7-8-10-20-15/h6-12,21H,1,13H2,2-5H3. The summed E-state index contributed by atoms with van der Waals surface area (Å²) in [5.41, 5.74) is 4.26. The van der Waals surface area contributed by atoms with E-state index in [-0.39, 0.29) is 5.41 Å². The van der Waals surface area contributed by atoms with Crippen LogP contribution in [0, 0.1) is 0 Å². The molecule has 1 N–H and O–H groups in total. The first-order chi connectivity index (χ1) is 10.5. The molecule has 0 saturated carbocycles. The van der Waals surface area contributed by atoms with Crippen molar-refractivity contribution in [2.24, 2.45) is 0 Å². The maximum Gasteiger partial charge on any atom is 0.124 e. The van der Waals surface area contributed by atoms with Gasteiger partial charge in [0, 0.05) is 23.5 Å². The Morgan fingerprint density at radius 3 is 2.59 bits per heavy atom. The van der Waals surface area contributed by atoms with Gasteiger partial charge in [0.05, 0.1) is 19.3 Å². The van der Waals surface area contributed by atoms with Crippen LogP contribution in [0.3, 0.4) is 0 Å². The molecule has 0 unspecified atom stereocenters. The van der Waals surface area contributed by atoms with Gasteiger partial charge in [0.15, 0.2) is 0 Å². The van der Waals surface area contributed by atoms with Gasteiger partial charge in [-0.1, -0.05) is 39.5 Å². The van der Waals surface area contributed by atoms with Crippen LogP contribution in [0.5, 0.6) is 5.75 Å². The van der Waals surface area contributed by atoms with Crippen LogP contribution in [-0.4, -0.2) is 12.1 Å². The maximum absolute atomic E-state index is 5.57. The lowest BCUT2D eigenvalue weighted by Crippen LogP contribution is -2.14. The molecule has 22 heavy (non-hydrogen) atoms. The van der Waals surface area contributed by atoms with Crippen molar-refractivity contribution in [3.05, 3.63) is 59.9 Å². The minimum Gasteiger partial charge on any atom is -0.496 e. The summed E-state index contributed by atoms with van der Waals surface area (Å²) in [5, 5.41) is 3.42. The van der Waals surface area contributed by atoms with E-state index in [1.807, 2.05) is 30.3 Å². The van der Waals surface area contributed by atoms with Crippen LogP contribution in [0.4, 0.5) is 5.69 Å². The Hall–Kier alpha value is -2.29. The SMILES string of the molecule is C=Cc1cc(C(C)(C)C)c(OC)cc1NCc1ccccn1. The van der Waals surface area contributed by atoms with Crippen molar-refractivity contribution in [2.45, 2.75) is 32.7 Å². The third-order valence-electron chi connectivity index (χ3n) is 3.59. The zero-order valence-electron chi connectivity index (χ0n) is 13.8. The quantitative estimate of drug-likeness (QED) is 0.872. The van der Waals surface area contributed by atoms with Crippen LogP contribution in [0.25, 0.3) is 6.08 Å². The van der Waals surface area contributed by atoms with Gasteiger partial charge in [-0.15, -0.1) is 0 Å². The highest BCUT2D eigenvalue weighted by atomic mass is 16.5. The maximum atomic E-state index is 5.57. The molecule has 0 aliphatic heterocycles. The number of rotatable bonds is 5. The number of anilines is 1. The summed E-state index contributed by atoms with van der Waals surface area (Å²) in [4.78, 5) is 4.33. The number of hydrogen-bond donors (Lipinski definition) is 1. The van der Waals surface area contributed by atoms with E-state index in [1.54, 1.807) is 13.3 Å². The molecular weight excluding hydrogens is 272 g/mol. The monoisotopic (exact) mass is 296 g/mol. The van der Waals surface area contributed by atoms with Gasteiger partial charge in [-0.25, -0.2) is 0 Å². The molecule has 2 rings (SSSR count). The number of pyridine rings is 1. The van der Waals surface area contributed by atoms with Crippen LogP contribution in [0.1, 0.15) is 37.6 Å². The zero-order valence-corrected chi connectivity index (χ0v) is 13.8. The van der Waals surface area contributed by atoms with Gasteiger partial charge >= 0.3 is 0 Å². The molecule has 0 aliphatic rings. The number of hydrogen-bond acceptors (Lipinski definition) is 3. The largest absolute Gasteiger partial charge is 0.496 e. The van der Waals surface area contributed by atoms with E-state index < -0.39 is 0 Å². The summed E-state index contributed by atoms with van der Waals surface area (Å²) in [5.74, 6) is 0.890. The van der Waals surface area contributed by atoms with E-state index >= 15 is 0 Å². The summed E-state index contributed by atoms with van der Waals surface area (Å²) >= 11 is 0. The van der Waals surface area contributed by atoms with Crippen LogP contribution in [0.2, 0.25) is 0 Å². The minimum atomic E-state index is 0.0165. The highest BCUT2D eigenvalue weighted by Crippen LogP contribution is 2.36. The molecule has 0 saturated heterocycles. The van der Waals surface area contributed by atoms with Gasteiger partial charge in [-0.2, -0.15) is 0 Å². The Labute approximate surface area is 133 Å².